The molecule has 0 aromatic carbocycles. The summed E-state index contributed by atoms with van der Waals surface area (Å²) in [6.07, 6.45) is -0.703. The molecule has 2 heterocycles. The molecule has 0 aromatic rings. The number of carbonyl (C=O) groups excluding carboxylic acids is 1. The number of rotatable bonds is 0. The molecule has 7 nitrogen and oxygen atoms in total. The molecule has 2 fully saturated rings. The Balaban J connectivity index is 2.08. The summed E-state index contributed by atoms with van der Waals surface area (Å²) in [5.41, 5.74) is 4.66. The van der Waals surface area contributed by atoms with Crippen LogP contribution in [0.5, 0.6) is 0 Å². The molecule has 0 aromatic heterocycles. The van der Waals surface area contributed by atoms with E-state index >= 15 is 0 Å². The Morgan fingerprint density at radius 3 is 3.06 bits per heavy atom. The summed E-state index contributed by atoms with van der Waals surface area (Å²) >= 11 is 0. The Labute approximate surface area is 97.7 Å². The van der Waals surface area contributed by atoms with E-state index in [0.717, 1.165) is 6.42 Å². The van der Waals surface area contributed by atoms with Crippen LogP contribution in [-0.4, -0.2) is 46.1 Å². The van der Waals surface area contributed by atoms with Gasteiger partial charge in [0.15, 0.2) is 18.3 Å². The fourth-order valence-electron chi connectivity index (χ4n) is 3.31. The van der Waals surface area contributed by atoms with Crippen molar-refractivity contribution in [3.8, 4) is 0 Å². The molecule has 5 N–H and O–H groups in total. The second-order valence-electron chi connectivity index (χ2n) is 4.89. The molecule has 1 saturated heterocycles. The van der Waals surface area contributed by atoms with E-state index in [2.05, 4.69) is 10.3 Å². The van der Waals surface area contributed by atoms with Crippen LogP contribution in [0.4, 0.5) is 0 Å². The predicted octanol–water partition coefficient (Wildman–Crippen LogP) is -1.95. The molecule has 0 amide bonds. The lowest BCUT2D eigenvalue weighted by Gasteiger charge is -2.55. The molecule has 7 heteroatoms. The minimum atomic E-state index is -1.31. The van der Waals surface area contributed by atoms with Gasteiger partial charge in [-0.15, -0.1) is 0 Å². The molecule has 0 unspecified atom stereocenters. The van der Waals surface area contributed by atoms with Crippen LogP contribution in [0.25, 0.3) is 0 Å². The topological polar surface area (TPSA) is 117 Å². The van der Waals surface area contributed by atoms with Crippen LogP contribution in [0.15, 0.2) is 4.99 Å². The number of nitrogens with one attached hydrogen (secondary N) is 1. The smallest absolute Gasteiger partial charge is 0.337 e. The zero-order valence-corrected chi connectivity index (χ0v) is 9.17. The minimum absolute atomic E-state index is 0.0585. The first-order valence-electron chi connectivity index (χ1n) is 5.73. The second kappa shape index (κ2) is 3.33. The Bertz CT molecular complexity index is 399. The van der Waals surface area contributed by atoms with Gasteiger partial charge in [0, 0.05) is 0 Å². The van der Waals surface area contributed by atoms with Gasteiger partial charge in [0.2, 0.25) is 0 Å². The van der Waals surface area contributed by atoms with Crippen LogP contribution >= 0.6 is 0 Å². The number of aliphatic hydroxyl groups excluding tert-OH is 2. The van der Waals surface area contributed by atoms with E-state index in [4.69, 9.17) is 10.5 Å². The first-order valence-corrected chi connectivity index (χ1v) is 5.73. The quantitative estimate of drug-likeness (QED) is 0.366. The van der Waals surface area contributed by atoms with Gasteiger partial charge >= 0.3 is 5.97 Å². The van der Waals surface area contributed by atoms with Gasteiger partial charge in [-0.25, -0.2) is 9.79 Å². The maximum atomic E-state index is 11.6. The number of esters is 1. The Kier molecular flexibility index (Phi) is 2.11. The number of aliphatic hydroxyl groups is 2. The number of aliphatic imine (C=N–C) groups is 1. The monoisotopic (exact) mass is 241 g/mol. The Hall–Kier alpha value is -1.34. The molecule has 3 aliphatic rings. The third kappa shape index (κ3) is 1.29. The van der Waals surface area contributed by atoms with Crippen LogP contribution < -0.4 is 11.1 Å². The zero-order valence-electron chi connectivity index (χ0n) is 9.17. The third-order valence-electron chi connectivity index (χ3n) is 4.01. The van der Waals surface area contributed by atoms with E-state index in [1.54, 1.807) is 0 Å². The van der Waals surface area contributed by atoms with Gasteiger partial charge in [0.1, 0.15) is 6.10 Å². The SMILES string of the molecule is NC1=N[C@H](O)[C@H]2[C@@H]3CCC[C@@]2(N1)[C@H](O)C(=O)O3. The fraction of sp³-hybridized carbons (Fsp3) is 0.800. The number of nitrogens with two attached hydrogens (primary N) is 1. The normalized spacial score (nSPS) is 48.6. The number of ether oxygens (including phenoxy) is 1. The van der Waals surface area contributed by atoms with E-state index in [1.807, 2.05) is 0 Å². The summed E-state index contributed by atoms with van der Waals surface area (Å²) in [5.74, 6) is -1.03. The third-order valence-corrected chi connectivity index (χ3v) is 4.01. The maximum absolute atomic E-state index is 11.6. The van der Waals surface area contributed by atoms with Crippen molar-refractivity contribution in [1.29, 1.82) is 0 Å². The van der Waals surface area contributed by atoms with E-state index in [-0.39, 0.29) is 5.96 Å². The predicted molar refractivity (Wildman–Crippen MR) is 56.7 cm³/mol. The van der Waals surface area contributed by atoms with Crippen molar-refractivity contribution in [2.45, 2.75) is 43.2 Å². The van der Waals surface area contributed by atoms with Gasteiger partial charge in [-0.3, -0.25) is 0 Å². The number of guanidine groups is 1. The molecule has 5 atom stereocenters. The molecule has 1 saturated carbocycles. The highest BCUT2D eigenvalue weighted by molar-refractivity contribution is 5.84. The summed E-state index contributed by atoms with van der Waals surface area (Å²) in [7, 11) is 0. The van der Waals surface area contributed by atoms with Crippen molar-refractivity contribution in [1.82, 2.24) is 5.32 Å². The summed E-state index contributed by atoms with van der Waals surface area (Å²) in [6.45, 7) is 0. The van der Waals surface area contributed by atoms with Crippen LogP contribution in [0.1, 0.15) is 19.3 Å². The van der Waals surface area contributed by atoms with Crippen LogP contribution in [0, 0.1) is 5.92 Å². The largest absolute Gasteiger partial charge is 0.460 e. The number of hydrogen-bond donors (Lipinski definition) is 4. The molecule has 0 radical (unpaired) electrons. The van der Waals surface area contributed by atoms with Crippen molar-refractivity contribution in [3.63, 3.8) is 0 Å². The molecule has 0 spiro atoms. The lowest BCUT2D eigenvalue weighted by atomic mass is 9.65. The highest BCUT2D eigenvalue weighted by Gasteiger charge is 2.62. The van der Waals surface area contributed by atoms with Gasteiger partial charge < -0.3 is 26.0 Å². The first kappa shape index (κ1) is 10.8. The van der Waals surface area contributed by atoms with Crippen LogP contribution in [0.3, 0.4) is 0 Å². The van der Waals surface area contributed by atoms with Crippen molar-refractivity contribution in [2.24, 2.45) is 16.6 Å². The van der Waals surface area contributed by atoms with E-state index < -0.39 is 35.9 Å². The van der Waals surface area contributed by atoms with Crippen molar-refractivity contribution < 1.29 is 19.7 Å². The van der Waals surface area contributed by atoms with Gasteiger partial charge in [0.25, 0.3) is 0 Å². The van der Waals surface area contributed by atoms with E-state index in [0.29, 0.717) is 12.8 Å². The standard InChI is InChI=1S/C10H15N3O4/c11-9-12-7(15)5-4-2-1-3-10(5,13-9)6(14)8(16)17-4/h4-7,14-15H,1-3H2,(H3,11,12,13)/t4-,5+,6+,7+,10-/m0/s1. The number of carbonyl (C=O) groups is 1. The molecule has 2 aliphatic heterocycles. The highest BCUT2D eigenvalue weighted by Crippen LogP contribution is 2.45. The number of hydrogen-bond acceptors (Lipinski definition) is 7. The lowest BCUT2D eigenvalue weighted by Crippen LogP contribution is -2.76. The Morgan fingerprint density at radius 1 is 1.53 bits per heavy atom. The molecule has 1 aliphatic carbocycles. The van der Waals surface area contributed by atoms with Crippen molar-refractivity contribution in [2.75, 3.05) is 0 Å². The van der Waals surface area contributed by atoms with Crippen LogP contribution in [0.2, 0.25) is 0 Å². The van der Waals surface area contributed by atoms with Crippen LogP contribution in [-0.2, 0) is 9.53 Å². The average Bonchev–Trinajstić information content (AvgIpc) is 2.25. The summed E-state index contributed by atoms with van der Waals surface area (Å²) in [6, 6.07) is 0. The molecule has 17 heavy (non-hydrogen) atoms. The fourth-order valence-corrected chi connectivity index (χ4v) is 3.31. The molecular formula is C10H15N3O4. The Morgan fingerprint density at radius 2 is 2.29 bits per heavy atom. The second-order valence-corrected chi connectivity index (χ2v) is 4.89. The van der Waals surface area contributed by atoms with E-state index in [1.165, 1.54) is 0 Å². The van der Waals surface area contributed by atoms with Gasteiger partial charge in [-0.2, -0.15) is 0 Å². The molecule has 2 bridgehead atoms. The molecule has 94 valence electrons. The minimum Gasteiger partial charge on any atom is -0.460 e. The summed E-state index contributed by atoms with van der Waals surface area (Å²) < 4.78 is 5.14. The average molecular weight is 241 g/mol. The van der Waals surface area contributed by atoms with Crippen molar-refractivity contribution >= 4 is 11.9 Å². The van der Waals surface area contributed by atoms with Crippen molar-refractivity contribution in [3.05, 3.63) is 0 Å². The zero-order chi connectivity index (χ0) is 12.2. The number of nitrogens with zero attached hydrogens (tertiary/aromatic N) is 1. The van der Waals surface area contributed by atoms with Gasteiger partial charge in [0.05, 0.1) is 11.5 Å². The van der Waals surface area contributed by atoms with Gasteiger partial charge in [-0.1, -0.05) is 0 Å². The maximum Gasteiger partial charge on any atom is 0.337 e. The van der Waals surface area contributed by atoms with Gasteiger partial charge in [-0.05, 0) is 19.3 Å². The molecule has 3 rings (SSSR count). The molecular weight excluding hydrogens is 226 g/mol. The highest BCUT2D eigenvalue weighted by atomic mass is 16.6. The summed E-state index contributed by atoms with van der Waals surface area (Å²) in [4.78, 5) is 15.4. The van der Waals surface area contributed by atoms with E-state index in [9.17, 15) is 15.0 Å². The summed E-state index contributed by atoms with van der Waals surface area (Å²) in [5, 5.41) is 22.9. The lowest BCUT2D eigenvalue weighted by molar-refractivity contribution is -0.206. The first-order chi connectivity index (χ1) is 8.04.